The Bertz CT molecular complexity index is 1220. The fourth-order valence-corrected chi connectivity index (χ4v) is 5.73. The molecule has 0 radical (unpaired) electrons. The Balaban J connectivity index is 1.45. The molecule has 1 saturated heterocycles. The molecule has 0 bridgehead atoms. The van der Waals surface area contributed by atoms with E-state index in [4.69, 9.17) is 0 Å². The van der Waals surface area contributed by atoms with Crippen LogP contribution in [0.1, 0.15) is 29.0 Å². The summed E-state index contributed by atoms with van der Waals surface area (Å²) in [5.74, 6) is -0.240. The first-order valence-electron chi connectivity index (χ1n) is 11.2. The molecule has 5 nitrogen and oxygen atoms in total. The first-order valence-corrected chi connectivity index (χ1v) is 12.7. The Labute approximate surface area is 202 Å². The van der Waals surface area contributed by atoms with Crippen molar-refractivity contribution in [2.45, 2.75) is 23.4 Å². The number of amides is 1. The van der Waals surface area contributed by atoms with E-state index in [1.165, 1.54) is 0 Å². The Morgan fingerprint density at radius 3 is 1.86 bits per heavy atom. The van der Waals surface area contributed by atoms with E-state index < -0.39 is 26.7 Å². The number of carbonyl (C=O) groups is 1. The molecule has 3 aromatic rings. The van der Waals surface area contributed by atoms with E-state index in [1.807, 2.05) is 60.7 Å². The molecule has 0 atom stereocenters. The van der Waals surface area contributed by atoms with Gasteiger partial charge in [-0.1, -0.05) is 66.7 Å². The summed E-state index contributed by atoms with van der Waals surface area (Å²) in [6.07, 6.45) is -4.40. The lowest BCUT2D eigenvalue weighted by molar-refractivity contribution is -0.137. The normalized spacial score (nSPS) is 15.4. The lowest BCUT2D eigenvalue weighted by Crippen LogP contribution is -2.50. The van der Waals surface area contributed by atoms with Crippen molar-refractivity contribution in [2.24, 2.45) is 0 Å². The molecule has 0 unspecified atom stereocenters. The highest BCUT2D eigenvalue weighted by atomic mass is 32.2. The van der Waals surface area contributed by atoms with Crippen molar-refractivity contribution in [1.29, 1.82) is 0 Å². The van der Waals surface area contributed by atoms with Gasteiger partial charge in [-0.15, -0.1) is 0 Å². The second-order valence-electron chi connectivity index (χ2n) is 8.39. The quantitative estimate of drug-likeness (QED) is 0.489. The minimum Gasteiger partial charge on any atom is -0.340 e. The molecule has 0 spiro atoms. The molecule has 1 fully saturated rings. The first kappa shape index (κ1) is 24.9. The number of benzene rings is 3. The number of hydrogen-bond acceptors (Lipinski definition) is 3. The number of rotatable bonds is 6. The van der Waals surface area contributed by atoms with E-state index in [1.54, 1.807) is 4.90 Å². The summed E-state index contributed by atoms with van der Waals surface area (Å²) in [5, 5.41) is 0. The summed E-state index contributed by atoms with van der Waals surface area (Å²) in [7, 11) is -4.11. The Morgan fingerprint density at radius 2 is 1.34 bits per heavy atom. The van der Waals surface area contributed by atoms with Crippen molar-refractivity contribution >= 4 is 15.9 Å². The van der Waals surface area contributed by atoms with E-state index in [9.17, 15) is 26.4 Å². The van der Waals surface area contributed by atoms with Crippen LogP contribution in [0.2, 0.25) is 0 Å². The third-order valence-electron chi connectivity index (χ3n) is 6.17. The van der Waals surface area contributed by atoms with Gasteiger partial charge in [-0.25, -0.2) is 8.42 Å². The van der Waals surface area contributed by atoms with Crippen molar-refractivity contribution in [3.05, 3.63) is 102 Å². The van der Waals surface area contributed by atoms with Gasteiger partial charge >= 0.3 is 6.18 Å². The third-order valence-corrected chi connectivity index (χ3v) is 8.07. The van der Waals surface area contributed by atoms with Crippen molar-refractivity contribution in [3.63, 3.8) is 0 Å². The maximum atomic E-state index is 13.2. The largest absolute Gasteiger partial charge is 0.416 e. The highest BCUT2D eigenvalue weighted by molar-refractivity contribution is 7.89. The van der Waals surface area contributed by atoms with Crippen LogP contribution in [0.15, 0.2) is 89.8 Å². The fourth-order valence-electron chi connectivity index (χ4n) is 4.26. The summed E-state index contributed by atoms with van der Waals surface area (Å²) in [6, 6.07) is 23.2. The zero-order valence-corrected chi connectivity index (χ0v) is 19.7. The van der Waals surface area contributed by atoms with E-state index in [0.29, 0.717) is 6.07 Å². The van der Waals surface area contributed by atoms with Gasteiger partial charge in [0.05, 0.1) is 10.5 Å². The monoisotopic (exact) mass is 502 g/mol. The minimum absolute atomic E-state index is 0.0195. The number of hydrogen-bond donors (Lipinski definition) is 0. The van der Waals surface area contributed by atoms with Crippen molar-refractivity contribution in [2.75, 3.05) is 26.2 Å². The Morgan fingerprint density at radius 1 is 0.800 bits per heavy atom. The van der Waals surface area contributed by atoms with Gasteiger partial charge in [-0.3, -0.25) is 4.79 Å². The van der Waals surface area contributed by atoms with E-state index >= 15 is 0 Å². The zero-order chi connectivity index (χ0) is 25.1. The van der Waals surface area contributed by atoms with Crippen molar-refractivity contribution in [1.82, 2.24) is 9.21 Å². The summed E-state index contributed by atoms with van der Waals surface area (Å²) in [4.78, 5) is 14.4. The van der Waals surface area contributed by atoms with Crippen LogP contribution >= 0.6 is 0 Å². The van der Waals surface area contributed by atoms with E-state index in [-0.39, 0.29) is 44.4 Å². The second-order valence-corrected chi connectivity index (χ2v) is 10.3. The maximum Gasteiger partial charge on any atom is 0.416 e. The molecule has 1 aliphatic heterocycles. The molecule has 9 heteroatoms. The maximum absolute atomic E-state index is 13.2. The minimum atomic E-state index is -4.63. The topological polar surface area (TPSA) is 57.7 Å². The van der Waals surface area contributed by atoms with Gasteiger partial charge in [0.25, 0.3) is 0 Å². The van der Waals surface area contributed by atoms with Gasteiger partial charge in [-0.05, 0) is 29.3 Å². The number of alkyl halides is 3. The summed E-state index contributed by atoms with van der Waals surface area (Å²) < 4.78 is 66.1. The van der Waals surface area contributed by atoms with E-state index in [2.05, 4.69) is 0 Å². The van der Waals surface area contributed by atoms with Crippen LogP contribution in [0.3, 0.4) is 0 Å². The predicted molar refractivity (Wildman–Crippen MR) is 126 cm³/mol. The molecule has 0 N–H and O–H groups in total. The van der Waals surface area contributed by atoms with Crippen molar-refractivity contribution in [3.8, 4) is 0 Å². The molecule has 1 amide bonds. The molecule has 1 heterocycles. The van der Waals surface area contributed by atoms with Crippen LogP contribution in [-0.4, -0.2) is 49.7 Å². The SMILES string of the molecule is O=C(CC(c1ccccc1)c1ccccc1)N1CCN(S(=O)(=O)c2cccc(C(F)(F)F)c2)CC1. The van der Waals surface area contributed by atoms with E-state index in [0.717, 1.165) is 33.6 Å². The standard InChI is InChI=1S/C26H25F3N2O3S/c27-26(28,29)22-12-7-13-23(18-22)35(33,34)31-16-14-30(15-17-31)25(32)19-24(20-8-3-1-4-9-20)21-10-5-2-6-11-21/h1-13,18,24H,14-17,19H2. The van der Waals surface area contributed by atoms with Crippen LogP contribution in [0.4, 0.5) is 13.2 Å². The van der Waals surface area contributed by atoms with Gasteiger partial charge in [0, 0.05) is 38.5 Å². The van der Waals surface area contributed by atoms with Crippen LogP contribution < -0.4 is 0 Å². The fraction of sp³-hybridized carbons (Fsp3) is 0.269. The smallest absolute Gasteiger partial charge is 0.340 e. The average molecular weight is 503 g/mol. The molecule has 0 aliphatic carbocycles. The zero-order valence-electron chi connectivity index (χ0n) is 18.9. The molecule has 184 valence electrons. The number of sulfonamides is 1. The number of piperazine rings is 1. The Hall–Kier alpha value is -3.17. The van der Waals surface area contributed by atoms with Crippen LogP contribution in [0.25, 0.3) is 0 Å². The number of nitrogens with zero attached hydrogens (tertiary/aromatic N) is 2. The summed E-state index contributed by atoms with van der Waals surface area (Å²) >= 11 is 0. The molecule has 0 aromatic heterocycles. The molecule has 4 rings (SSSR count). The molecule has 0 saturated carbocycles. The van der Waals surface area contributed by atoms with Crippen LogP contribution in [0, 0.1) is 0 Å². The third kappa shape index (κ3) is 5.74. The van der Waals surface area contributed by atoms with Crippen LogP contribution in [0.5, 0.6) is 0 Å². The second kappa shape index (κ2) is 10.2. The first-order chi connectivity index (χ1) is 16.7. The molecular weight excluding hydrogens is 477 g/mol. The average Bonchev–Trinajstić information content (AvgIpc) is 2.88. The highest BCUT2D eigenvalue weighted by Crippen LogP contribution is 2.32. The number of carbonyl (C=O) groups excluding carboxylic acids is 1. The Kier molecular flexibility index (Phi) is 7.28. The van der Waals surface area contributed by atoms with Gasteiger partial charge in [0.2, 0.25) is 15.9 Å². The van der Waals surface area contributed by atoms with Crippen molar-refractivity contribution < 1.29 is 26.4 Å². The molecule has 1 aliphatic rings. The molecular formula is C26H25F3N2O3S. The highest BCUT2D eigenvalue weighted by Gasteiger charge is 2.34. The lowest BCUT2D eigenvalue weighted by atomic mass is 9.88. The van der Waals surface area contributed by atoms with Gasteiger partial charge in [0.1, 0.15) is 0 Å². The van der Waals surface area contributed by atoms with Gasteiger partial charge in [-0.2, -0.15) is 17.5 Å². The van der Waals surface area contributed by atoms with Gasteiger partial charge in [0.15, 0.2) is 0 Å². The number of halogens is 3. The summed E-state index contributed by atoms with van der Waals surface area (Å²) in [6.45, 7) is 0.387. The lowest BCUT2D eigenvalue weighted by Gasteiger charge is -2.35. The molecule has 35 heavy (non-hydrogen) atoms. The predicted octanol–water partition coefficient (Wildman–Crippen LogP) is 4.76. The van der Waals surface area contributed by atoms with Crippen LogP contribution in [-0.2, 0) is 21.0 Å². The molecule has 3 aromatic carbocycles. The van der Waals surface area contributed by atoms with Gasteiger partial charge < -0.3 is 4.90 Å². The summed E-state index contributed by atoms with van der Waals surface area (Å²) in [5.41, 5.74) is 1.01.